The molecule has 0 aliphatic heterocycles. The summed E-state index contributed by atoms with van der Waals surface area (Å²) in [7, 11) is -4.12. The standard InChI is InChI=1S/C14H13F3N2O4S/c15-14(16,17)10-3-1-4-11(9-10)24(21,22)19-7-6-18-13(20)12-5-2-8-23-12/h1-5,8-9,19H,6-7H2,(H,18,20). The van der Waals surface area contributed by atoms with Crippen molar-refractivity contribution in [2.24, 2.45) is 0 Å². The number of carbonyl (C=O) groups excluding carboxylic acids is 1. The van der Waals surface area contributed by atoms with Crippen LogP contribution in [0.2, 0.25) is 0 Å². The molecule has 0 saturated heterocycles. The van der Waals surface area contributed by atoms with E-state index in [0.717, 1.165) is 18.2 Å². The second-order valence-electron chi connectivity index (χ2n) is 4.66. The molecule has 1 aromatic carbocycles. The van der Waals surface area contributed by atoms with Crippen LogP contribution < -0.4 is 10.0 Å². The lowest BCUT2D eigenvalue weighted by Gasteiger charge is -2.10. The van der Waals surface area contributed by atoms with Crippen LogP contribution in [0, 0.1) is 0 Å². The van der Waals surface area contributed by atoms with Crippen LogP contribution >= 0.6 is 0 Å². The quantitative estimate of drug-likeness (QED) is 0.770. The summed E-state index contributed by atoms with van der Waals surface area (Å²) in [6.07, 6.45) is -3.33. The van der Waals surface area contributed by atoms with Gasteiger partial charge in [-0.2, -0.15) is 13.2 Å². The van der Waals surface area contributed by atoms with Crippen molar-refractivity contribution in [1.82, 2.24) is 10.0 Å². The second-order valence-corrected chi connectivity index (χ2v) is 6.42. The number of hydrogen-bond acceptors (Lipinski definition) is 4. The zero-order chi connectivity index (χ0) is 17.8. The van der Waals surface area contributed by atoms with Gasteiger partial charge in [-0.1, -0.05) is 6.07 Å². The van der Waals surface area contributed by atoms with E-state index in [9.17, 15) is 26.4 Å². The van der Waals surface area contributed by atoms with Crippen molar-refractivity contribution in [2.75, 3.05) is 13.1 Å². The van der Waals surface area contributed by atoms with E-state index in [4.69, 9.17) is 4.42 Å². The van der Waals surface area contributed by atoms with Crippen LogP contribution in [-0.2, 0) is 16.2 Å². The number of halogens is 3. The molecule has 0 aliphatic rings. The fraction of sp³-hybridized carbons (Fsp3) is 0.214. The average molecular weight is 362 g/mol. The molecule has 1 amide bonds. The first-order chi connectivity index (χ1) is 11.2. The third-order valence-corrected chi connectivity index (χ3v) is 4.38. The molecule has 1 aromatic heterocycles. The maximum atomic E-state index is 12.6. The number of sulfonamides is 1. The van der Waals surface area contributed by atoms with E-state index in [2.05, 4.69) is 10.0 Å². The van der Waals surface area contributed by atoms with E-state index in [1.807, 2.05) is 0 Å². The minimum absolute atomic E-state index is 0.0578. The highest BCUT2D eigenvalue weighted by Crippen LogP contribution is 2.30. The van der Waals surface area contributed by atoms with Gasteiger partial charge in [-0.25, -0.2) is 13.1 Å². The van der Waals surface area contributed by atoms with Crippen LogP contribution in [0.15, 0.2) is 52.0 Å². The van der Waals surface area contributed by atoms with Gasteiger partial charge in [0.2, 0.25) is 10.0 Å². The van der Waals surface area contributed by atoms with Crippen LogP contribution in [0.5, 0.6) is 0 Å². The van der Waals surface area contributed by atoms with Crippen molar-refractivity contribution in [3.05, 3.63) is 54.0 Å². The lowest BCUT2D eigenvalue weighted by Crippen LogP contribution is -2.34. The zero-order valence-corrected chi connectivity index (χ0v) is 12.9. The fourth-order valence-electron chi connectivity index (χ4n) is 1.78. The molecule has 0 aliphatic carbocycles. The summed E-state index contributed by atoms with van der Waals surface area (Å²) >= 11 is 0. The molecular formula is C14H13F3N2O4S. The van der Waals surface area contributed by atoms with E-state index in [-0.39, 0.29) is 18.8 Å². The van der Waals surface area contributed by atoms with Gasteiger partial charge in [-0.3, -0.25) is 4.79 Å². The minimum Gasteiger partial charge on any atom is -0.459 e. The van der Waals surface area contributed by atoms with Crippen molar-refractivity contribution >= 4 is 15.9 Å². The number of rotatable bonds is 6. The Bertz CT molecular complexity index is 802. The predicted octanol–water partition coefficient (Wildman–Crippen LogP) is 2.01. The molecule has 6 nitrogen and oxygen atoms in total. The molecule has 0 atom stereocenters. The summed E-state index contributed by atoms with van der Waals surface area (Å²) in [5.74, 6) is -0.464. The molecule has 2 N–H and O–H groups in total. The third-order valence-electron chi connectivity index (χ3n) is 2.92. The molecule has 0 bridgehead atoms. The topological polar surface area (TPSA) is 88.4 Å². The van der Waals surface area contributed by atoms with E-state index < -0.39 is 32.6 Å². The second kappa shape index (κ2) is 7.05. The summed E-state index contributed by atoms with van der Waals surface area (Å²) in [5.41, 5.74) is -1.06. The molecule has 0 unspecified atom stereocenters. The van der Waals surface area contributed by atoms with Crippen LogP contribution in [-0.4, -0.2) is 27.4 Å². The van der Waals surface area contributed by atoms with E-state index in [1.54, 1.807) is 0 Å². The van der Waals surface area contributed by atoms with Crippen molar-refractivity contribution in [3.63, 3.8) is 0 Å². The summed E-state index contributed by atoms with van der Waals surface area (Å²) in [6, 6.07) is 6.34. The molecule has 24 heavy (non-hydrogen) atoms. The number of nitrogens with one attached hydrogen (secondary N) is 2. The Morgan fingerprint density at radius 3 is 2.50 bits per heavy atom. The number of benzene rings is 1. The van der Waals surface area contributed by atoms with Crippen molar-refractivity contribution in [2.45, 2.75) is 11.1 Å². The van der Waals surface area contributed by atoms with Crippen molar-refractivity contribution in [1.29, 1.82) is 0 Å². The monoisotopic (exact) mass is 362 g/mol. The third kappa shape index (κ3) is 4.59. The smallest absolute Gasteiger partial charge is 0.416 e. The molecule has 10 heteroatoms. The Hall–Kier alpha value is -2.33. The normalized spacial score (nSPS) is 12.1. The molecule has 0 radical (unpaired) electrons. The summed E-state index contributed by atoms with van der Waals surface area (Å²) in [5, 5.41) is 2.41. The van der Waals surface area contributed by atoms with Gasteiger partial charge in [-0.05, 0) is 30.3 Å². The lowest BCUT2D eigenvalue weighted by molar-refractivity contribution is -0.137. The highest BCUT2D eigenvalue weighted by atomic mass is 32.2. The average Bonchev–Trinajstić information content (AvgIpc) is 3.05. The Morgan fingerprint density at radius 2 is 1.88 bits per heavy atom. The first-order valence-electron chi connectivity index (χ1n) is 6.69. The van der Waals surface area contributed by atoms with Gasteiger partial charge in [0, 0.05) is 13.1 Å². The number of alkyl halides is 3. The van der Waals surface area contributed by atoms with Crippen molar-refractivity contribution in [3.8, 4) is 0 Å². The van der Waals surface area contributed by atoms with Crippen LogP contribution in [0.3, 0.4) is 0 Å². The Morgan fingerprint density at radius 1 is 1.12 bits per heavy atom. The molecule has 0 spiro atoms. The zero-order valence-electron chi connectivity index (χ0n) is 12.1. The molecule has 130 valence electrons. The van der Waals surface area contributed by atoms with E-state index in [0.29, 0.717) is 6.07 Å². The Kier molecular flexibility index (Phi) is 5.30. The molecule has 1 heterocycles. The largest absolute Gasteiger partial charge is 0.459 e. The summed E-state index contributed by atoms with van der Waals surface area (Å²) in [4.78, 5) is 11.0. The van der Waals surface area contributed by atoms with Crippen LogP contribution in [0.1, 0.15) is 16.1 Å². The minimum atomic E-state index is -4.64. The SMILES string of the molecule is O=C(NCCNS(=O)(=O)c1cccc(C(F)(F)F)c1)c1ccco1. The Balaban J connectivity index is 1.93. The summed E-state index contributed by atoms with van der Waals surface area (Å²) < 4.78 is 68.8. The highest BCUT2D eigenvalue weighted by molar-refractivity contribution is 7.89. The maximum Gasteiger partial charge on any atom is 0.416 e. The van der Waals surface area contributed by atoms with Gasteiger partial charge in [0.25, 0.3) is 5.91 Å². The van der Waals surface area contributed by atoms with E-state index in [1.165, 1.54) is 18.4 Å². The first kappa shape index (κ1) is 18.0. The fourth-order valence-corrected chi connectivity index (χ4v) is 2.86. The van der Waals surface area contributed by atoms with Crippen LogP contribution in [0.4, 0.5) is 13.2 Å². The van der Waals surface area contributed by atoms with Gasteiger partial charge >= 0.3 is 6.18 Å². The van der Waals surface area contributed by atoms with Gasteiger partial charge in [0.05, 0.1) is 16.7 Å². The van der Waals surface area contributed by atoms with Gasteiger partial charge < -0.3 is 9.73 Å². The maximum absolute atomic E-state index is 12.6. The molecular weight excluding hydrogens is 349 g/mol. The predicted molar refractivity (Wildman–Crippen MR) is 77.7 cm³/mol. The van der Waals surface area contributed by atoms with Crippen LogP contribution in [0.25, 0.3) is 0 Å². The molecule has 2 aromatic rings. The molecule has 2 rings (SSSR count). The number of furan rings is 1. The molecule has 0 saturated carbocycles. The highest BCUT2D eigenvalue weighted by Gasteiger charge is 2.31. The summed E-state index contributed by atoms with van der Waals surface area (Å²) in [6.45, 7) is -0.247. The molecule has 0 fully saturated rings. The van der Waals surface area contributed by atoms with Crippen molar-refractivity contribution < 1.29 is 30.8 Å². The van der Waals surface area contributed by atoms with E-state index >= 15 is 0 Å². The lowest BCUT2D eigenvalue weighted by atomic mass is 10.2. The number of carbonyl (C=O) groups is 1. The van der Waals surface area contributed by atoms with Gasteiger partial charge in [0.15, 0.2) is 5.76 Å². The number of hydrogen-bond donors (Lipinski definition) is 2. The number of amides is 1. The first-order valence-corrected chi connectivity index (χ1v) is 8.17. The van der Waals surface area contributed by atoms with Gasteiger partial charge in [-0.15, -0.1) is 0 Å². The Labute approximate surface area is 135 Å². The van der Waals surface area contributed by atoms with Gasteiger partial charge in [0.1, 0.15) is 0 Å².